The summed E-state index contributed by atoms with van der Waals surface area (Å²) >= 11 is 0. The number of piperazine rings is 1. The third kappa shape index (κ3) is 4.99. The number of hydrogen-bond donors (Lipinski definition) is 0. The number of benzene rings is 2. The Kier molecular flexibility index (Phi) is 7.08. The Morgan fingerprint density at radius 2 is 1.67 bits per heavy atom. The number of amides is 1. The molecule has 0 aliphatic carbocycles. The number of nitriles is 1. The van der Waals surface area contributed by atoms with Gasteiger partial charge < -0.3 is 9.64 Å². The molecule has 2 aromatic carbocycles. The summed E-state index contributed by atoms with van der Waals surface area (Å²) in [5.74, 6) is 0.615. The molecule has 1 saturated heterocycles. The lowest BCUT2D eigenvalue weighted by Gasteiger charge is -2.34. The molecule has 0 radical (unpaired) electrons. The molecule has 0 spiro atoms. The van der Waals surface area contributed by atoms with Crippen molar-refractivity contribution < 1.29 is 17.9 Å². The molecule has 1 aliphatic heterocycles. The average molecular weight is 428 g/mol. The van der Waals surface area contributed by atoms with Gasteiger partial charge in [0.1, 0.15) is 5.75 Å². The predicted octanol–water partition coefficient (Wildman–Crippen LogP) is 2.88. The molecule has 7 nitrogen and oxygen atoms in total. The van der Waals surface area contributed by atoms with Crippen molar-refractivity contribution in [3.8, 4) is 11.8 Å². The van der Waals surface area contributed by atoms with Crippen molar-refractivity contribution in [3.05, 3.63) is 59.7 Å². The highest BCUT2D eigenvalue weighted by Gasteiger charge is 2.30. The SMILES string of the molecule is CCCCOc1ccc(C(=O)N2CCN(S(=O)(=O)c3ccc(C#N)cc3)CC2)cc1. The van der Waals surface area contributed by atoms with Crippen molar-refractivity contribution in [1.29, 1.82) is 5.26 Å². The van der Waals surface area contributed by atoms with E-state index in [0.717, 1.165) is 18.6 Å². The van der Waals surface area contributed by atoms with Crippen LogP contribution in [0.2, 0.25) is 0 Å². The molecule has 0 unspecified atom stereocenters. The van der Waals surface area contributed by atoms with Gasteiger partial charge in [-0.05, 0) is 55.0 Å². The third-order valence-corrected chi connectivity index (χ3v) is 6.93. The Morgan fingerprint density at radius 3 is 2.23 bits per heavy atom. The zero-order valence-electron chi connectivity index (χ0n) is 17.0. The van der Waals surface area contributed by atoms with Gasteiger partial charge >= 0.3 is 0 Å². The maximum atomic E-state index is 12.8. The van der Waals surface area contributed by atoms with Crippen LogP contribution in [0.3, 0.4) is 0 Å². The van der Waals surface area contributed by atoms with E-state index >= 15 is 0 Å². The van der Waals surface area contributed by atoms with Crippen LogP contribution in [0, 0.1) is 11.3 Å². The first-order valence-electron chi connectivity index (χ1n) is 9.98. The van der Waals surface area contributed by atoms with Crippen LogP contribution in [0.4, 0.5) is 0 Å². The molecule has 2 aromatic rings. The molecule has 0 bridgehead atoms. The summed E-state index contributed by atoms with van der Waals surface area (Å²) in [5.41, 5.74) is 0.965. The topological polar surface area (TPSA) is 90.7 Å². The first-order valence-corrected chi connectivity index (χ1v) is 11.4. The highest BCUT2D eigenvalue weighted by atomic mass is 32.2. The number of unbranched alkanes of at least 4 members (excludes halogenated alkanes) is 1. The van der Waals surface area contributed by atoms with Crippen molar-refractivity contribution >= 4 is 15.9 Å². The molecule has 0 aromatic heterocycles. The van der Waals surface area contributed by atoms with Gasteiger partial charge in [0, 0.05) is 31.7 Å². The summed E-state index contributed by atoms with van der Waals surface area (Å²) < 4.78 is 32.6. The second kappa shape index (κ2) is 9.74. The zero-order valence-corrected chi connectivity index (χ0v) is 17.8. The first kappa shape index (κ1) is 21.8. The number of hydrogen-bond acceptors (Lipinski definition) is 5. The summed E-state index contributed by atoms with van der Waals surface area (Å²) in [4.78, 5) is 14.6. The van der Waals surface area contributed by atoms with Gasteiger partial charge in [-0.25, -0.2) is 8.42 Å². The molecule has 1 aliphatic rings. The molecule has 3 rings (SSSR count). The second-order valence-electron chi connectivity index (χ2n) is 7.06. The maximum Gasteiger partial charge on any atom is 0.253 e. The summed E-state index contributed by atoms with van der Waals surface area (Å²) in [6.45, 7) is 3.85. The number of nitrogens with zero attached hydrogens (tertiary/aromatic N) is 3. The minimum Gasteiger partial charge on any atom is -0.494 e. The van der Waals surface area contributed by atoms with Gasteiger partial charge in [0.15, 0.2) is 0 Å². The van der Waals surface area contributed by atoms with E-state index in [9.17, 15) is 13.2 Å². The molecular weight excluding hydrogens is 402 g/mol. The number of rotatable bonds is 7. The van der Waals surface area contributed by atoms with E-state index < -0.39 is 10.0 Å². The quantitative estimate of drug-likeness (QED) is 0.634. The van der Waals surface area contributed by atoms with Crippen LogP contribution >= 0.6 is 0 Å². The number of carbonyl (C=O) groups excluding carboxylic acids is 1. The molecule has 8 heteroatoms. The predicted molar refractivity (Wildman–Crippen MR) is 113 cm³/mol. The number of carbonyl (C=O) groups is 1. The van der Waals surface area contributed by atoms with Gasteiger partial charge in [0.25, 0.3) is 5.91 Å². The maximum absolute atomic E-state index is 12.8. The van der Waals surface area contributed by atoms with Gasteiger partial charge in [-0.1, -0.05) is 13.3 Å². The fraction of sp³-hybridized carbons (Fsp3) is 0.364. The van der Waals surface area contributed by atoms with E-state index in [1.807, 2.05) is 6.07 Å². The molecule has 0 N–H and O–H groups in total. The van der Waals surface area contributed by atoms with E-state index in [-0.39, 0.29) is 23.9 Å². The third-order valence-electron chi connectivity index (χ3n) is 5.01. The number of ether oxygens (including phenoxy) is 1. The minimum absolute atomic E-state index is 0.120. The van der Waals surface area contributed by atoms with Crippen LogP contribution in [-0.4, -0.2) is 56.3 Å². The molecule has 1 fully saturated rings. The fourth-order valence-electron chi connectivity index (χ4n) is 3.19. The fourth-order valence-corrected chi connectivity index (χ4v) is 4.61. The highest BCUT2D eigenvalue weighted by Crippen LogP contribution is 2.20. The van der Waals surface area contributed by atoms with Gasteiger partial charge in [-0.2, -0.15) is 9.57 Å². The van der Waals surface area contributed by atoms with Gasteiger partial charge in [0.05, 0.1) is 23.1 Å². The zero-order chi connectivity index (χ0) is 21.6. The minimum atomic E-state index is -3.65. The van der Waals surface area contributed by atoms with Crippen LogP contribution in [0.15, 0.2) is 53.4 Å². The first-order chi connectivity index (χ1) is 14.5. The lowest BCUT2D eigenvalue weighted by Crippen LogP contribution is -2.50. The monoisotopic (exact) mass is 427 g/mol. The Balaban J connectivity index is 1.59. The van der Waals surface area contributed by atoms with Crippen LogP contribution in [0.25, 0.3) is 0 Å². The van der Waals surface area contributed by atoms with E-state index in [2.05, 4.69) is 6.92 Å². The van der Waals surface area contributed by atoms with Crippen molar-refractivity contribution in [2.45, 2.75) is 24.7 Å². The van der Waals surface area contributed by atoms with Crippen molar-refractivity contribution in [2.24, 2.45) is 0 Å². The Hall–Kier alpha value is -2.89. The summed E-state index contributed by atoms with van der Waals surface area (Å²) in [5, 5.41) is 8.86. The molecular formula is C22H25N3O4S. The van der Waals surface area contributed by atoms with Crippen molar-refractivity contribution in [2.75, 3.05) is 32.8 Å². The lowest BCUT2D eigenvalue weighted by molar-refractivity contribution is 0.0698. The summed E-state index contributed by atoms with van der Waals surface area (Å²) in [6.07, 6.45) is 2.04. The van der Waals surface area contributed by atoms with E-state index in [1.54, 1.807) is 29.2 Å². The molecule has 158 valence electrons. The molecule has 1 heterocycles. The second-order valence-corrected chi connectivity index (χ2v) is 9.00. The highest BCUT2D eigenvalue weighted by molar-refractivity contribution is 7.89. The van der Waals surface area contributed by atoms with Crippen LogP contribution in [0.1, 0.15) is 35.7 Å². The van der Waals surface area contributed by atoms with Crippen molar-refractivity contribution in [1.82, 2.24) is 9.21 Å². The van der Waals surface area contributed by atoms with Gasteiger partial charge in [-0.3, -0.25) is 4.79 Å². The Bertz CT molecular complexity index is 1000. The van der Waals surface area contributed by atoms with Crippen LogP contribution < -0.4 is 4.74 Å². The number of sulfonamides is 1. The molecule has 0 atom stereocenters. The summed E-state index contributed by atoms with van der Waals surface area (Å²) in [6, 6.07) is 14.9. The lowest BCUT2D eigenvalue weighted by atomic mass is 10.2. The van der Waals surface area contributed by atoms with E-state index in [0.29, 0.717) is 30.8 Å². The molecule has 1 amide bonds. The smallest absolute Gasteiger partial charge is 0.253 e. The van der Waals surface area contributed by atoms with Crippen LogP contribution in [0.5, 0.6) is 5.75 Å². The Morgan fingerprint density at radius 1 is 1.03 bits per heavy atom. The largest absolute Gasteiger partial charge is 0.494 e. The Labute approximate surface area is 177 Å². The van der Waals surface area contributed by atoms with Gasteiger partial charge in [-0.15, -0.1) is 0 Å². The average Bonchev–Trinajstić information content (AvgIpc) is 2.79. The van der Waals surface area contributed by atoms with Gasteiger partial charge in [0.2, 0.25) is 10.0 Å². The van der Waals surface area contributed by atoms with E-state index in [4.69, 9.17) is 10.00 Å². The summed E-state index contributed by atoms with van der Waals surface area (Å²) in [7, 11) is -3.65. The van der Waals surface area contributed by atoms with E-state index in [1.165, 1.54) is 28.6 Å². The van der Waals surface area contributed by atoms with Crippen LogP contribution in [-0.2, 0) is 10.0 Å². The standard InChI is InChI=1S/C22H25N3O4S/c1-2-3-16-29-20-8-6-19(7-9-20)22(26)24-12-14-25(15-13-24)30(27,28)21-10-4-18(17-23)5-11-21/h4-11H,2-3,12-16H2,1H3. The molecule has 0 saturated carbocycles. The normalized spacial score (nSPS) is 14.9. The van der Waals surface area contributed by atoms with Crippen molar-refractivity contribution in [3.63, 3.8) is 0 Å². The molecule has 30 heavy (non-hydrogen) atoms.